The summed E-state index contributed by atoms with van der Waals surface area (Å²) in [6.45, 7) is 5.22. The summed E-state index contributed by atoms with van der Waals surface area (Å²) in [6.07, 6.45) is 5.73. The standard InChI is InChI=1S/C10H21N5/c1-3-5-9(14-11)7-10-12-8-13-15(10)6-4-2/h8-9,14H,3-7,11H2,1-2H3. The van der Waals surface area contributed by atoms with Crippen molar-refractivity contribution in [3.63, 3.8) is 0 Å². The average molecular weight is 211 g/mol. The highest BCUT2D eigenvalue weighted by Crippen LogP contribution is 2.04. The number of aromatic nitrogens is 3. The molecule has 0 aliphatic carbocycles. The first-order valence-corrected chi connectivity index (χ1v) is 5.64. The van der Waals surface area contributed by atoms with Crippen LogP contribution in [0.1, 0.15) is 38.9 Å². The zero-order chi connectivity index (χ0) is 11.1. The van der Waals surface area contributed by atoms with Gasteiger partial charge in [-0.3, -0.25) is 16.0 Å². The van der Waals surface area contributed by atoms with Crippen molar-refractivity contribution in [1.29, 1.82) is 0 Å². The third kappa shape index (κ3) is 3.60. The molecule has 0 saturated heterocycles. The molecule has 0 bridgehead atoms. The topological polar surface area (TPSA) is 68.8 Å². The van der Waals surface area contributed by atoms with E-state index in [4.69, 9.17) is 5.84 Å². The Morgan fingerprint density at radius 1 is 1.47 bits per heavy atom. The fraction of sp³-hybridized carbons (Fsp3) is 0.800. The Kier molecular flexibility index (Phi) is 5.28. The second-order valence-corrected chi connectivity index (χ2v) is 3.76. The molecule has 86 valence electrons. The van der Waals surface area contributed by atoms with Crippen LogP contribution < -0.4 is 11.3 Å². The van der Waals surface area contributed by atoms with Crippen LogP contribution in [0, 0.1) is 0 Å². The molecule has 5 heteroatoms. The number of rotatable bonds is 7. The molecule has 1 unspecified atom stereocenters. The van der Waals surface area contributed by atoms with Gasteiger partial charge in [0, 0.05) is 19.0 Å². The van der Waals surface area contributed by atoms with Gasteiger partial charge in [0.1, 0.15) is 12.2 Å². The molecule has 1 aromatic rings. The molecule has 5 nitrogen and oxygen atoms in total. The monoisotopic (exact) mass is 211 g/mol. The van der Waals surface area contributed by atoms with Crippen molar-refractivity contribution in [2.75, 3.05) is 0 Å². The minimum Gasteiger partial charge on any atom is -0.271 e. The fourth-order valence-electron chi connectivity index (χ4n) is 1.66. The van der Waals surface area contributed by atoms with E-state index in [-0.39, 0.29) is 0 Å². The summed E-state index contributed by atoms with van der Waals surface area (Å²) in [5, 5.41) is 4.19. The number of hydrogen-bond acceptors (Lipinski definition) is 4. The van der Waals surface area contributed by atoms with Crippen molar-refractivity contribution in [3.8, 4) is 0 Å². The number of hydrazine groups is 1. The first-order chi connectivity index (χ1) is 7.31. The zero-order valence-corrected chi connectivity index (χ0v) is 9.61. The van der Waals surface area contributed by atoms with Gasteiger partial charge in [-0.2, -0.15) is 5.10 Å². The van der Waals surface area contributed by atoms with E-state index < -0.39 is 0 Å². The molecule has 0 saturated carbocycles. The van der Waals surface area contributed by atoms with Crippen molar-refractivity contribution >= 4 is 0 Å². The lowest BCUT2D eigenvalue weighted by molar-refractivity contribution is 0.457. The van der Waals surface area contributed by atoms with Crippen molar-refractivity contribution in [1.82, 2.24) is 20.2 Å². The first kappa shape index (κ1) is 12.1. The van der Waals surface area contributed by atoms with Gasteiger partial charge in [0.05, 0.1) is 0 Å². The smallest absolute Gasteiger partial charge is 0.138 e. The summed E-state index contributed by atoms with van der Waals surface area (Å²) in [4.78, 5) is 4.26. The van der Waals surface area contributed by atoms with Crippen molar-refractivity contribution in [3.05, 3.63) is 12.2 Å². The summed E-state index contributed by atoms with van der Waals surface area (Å²) in [7, 11) is 0. The van der Waals surface area contributed by atoms with Crippen LogP contribution in [0.15, 0.2) is 6.33 Å². The number of nitrogens with one attached hydrogen (secondary N) is 1. The van der Waals surface area contributed by atoms with Crippen LogP contribution in [-0.4, -0.2) is 20.8 Å². The van der Waals surface area contributed by atoms with E-state index in [1.54, 1.807) is 6.33 Å². The van der Waals surface area contributed by atoms with E-state index >= 15 is 0 Å². The van der Waals surface area contributed by atoms with Crippen molar-refractivity contribution in [2.24, 2.45) is 5.84 Å². The van der Waals surface area contributed by atoms with Crippen LogP contribution in [0.25, 0.3) is 0 Å². The third-order valence-corrected chi connectivity index (χ3v) is 2.43. The lowest BCUT2D eigenvalue weighted by Crippen LogP contribution is -2.37. The maximum Gasteiger partial charge on any atom is 0.138 e. The van der Waals surface area contributed by atoms with E-state index in [9.17, 15) is 0 Å². The molecule has 0 fully saturated rings. The molecule has 0 radical (unpaired) electrons. The predicted molar refractivity (Wildman–Crippen MR) is 60.0 cm³/mol. The maximum absolute atomic E-state index is 5.49. The summed E-state index contributed by atoms with van der Waals surface area (Å²) in [6, 6.07) is 0.301. The zero-order valence-electron chi connectivity index (χ0n) is 9.61. The Labute approximate surface area is 91.0 Å². The molecule has 1 rings (SSSR count). The normalized spacial score (nSPS) is 13.0. The highest BCUT2D eigenvalue weighted by molar-refractivity contribution is 4.89. The van der Waals surface area contributed by atoms with E-state index in [1.165, 1.54) is 0 Å². The summed E-state index contributed by atoms with van der Waals surface area (Å²) >= 11 is 0. The van der Waals surface area contributed by atoms with Crippen LogP contribution >= 0.6 is 0 Å². The van der Waals surface area contributed by atoms with Gasteiger partial charge in [-0.25, -0.2) is 4.98 Å². The molecule has 15 heavy (non-hydrogen) atoms. The molecular formula is C10H21N5. The minimum atomic E-state index is 0.301. The SMILES string of the molecule is CCCC(Cc1ncnn1CCC)NN. The van der Waals surface area contributed by atoms with Gasteiger partial charge in [-0.15, -0.1) is 0 Å². The van der Waals surface area contributed by atoms with Gasteiger partial charge in [-0.1, -0.05) is 20.3 Å². The lowest BCUT2D eigenvalue weighted by atomic mass is 10.1. The quantitative estimate of drug-likeness (QED) is 0.518. The third-order valence-electron chi connectivity index (χ3n) is 2.43. The van der Waals surface area contributed by atoms with E-state index in [0.717, 1.165) is 38.1 Å². The molecule has 1 aromatic heterocycles. The van der Waals surface area contributed by atoms with Crippen molar-refractivity contribution < 1.29 is 0 Å². The van der Waals surface area contributed by atoms with Gasteiger partial charge in [0.2, 0.25) is 0 Å². The summed E-state index contributed by atoms with van der Waals surface area (Å²) in [5.74, 6) is 6.51. The summed E-state index contributed by atoms with van der Waals surface area (Å²) < 4.78 is 1.96. The Morgan fingerprint density at radius 3 is 2.87 bits per heavy atom. The van der Waals surface area contributed by atoms with Gasteiger partial charge >= 0.3 is 0 Å². The van der Waals surface area contributed by atoms with Crippen molar-refractivity contribution in [2.45, 2.75) is 52.1 Å². The molecule has 1 atom stereocenters. The second-order valence-electron chi connectivity index (χ2n) is 3.76. The number of aryl methyl sites for hydroxylation is 1. The Bertz CT molecular complexity index is 271. The van der Waals surface area contributed by atoms with Gasteiger partial charge in [-0.05, 0) is 12.8 Å². The number of hydrogen-bond donors (Lipinski definition) is 2. The van der Waals surface area contributed by atoms with E-state index in [1.807, 2.05) is 4.68 Å². The Morgan fingerprint density at radius 2 is 2.27 bits per heavy atom. The van der Waals surface area contributed by atoms with Crippen LogP contribution in [0.2, 0.25) is 0 Å². The van der Waals surface area contributed by atoms with Crippen LogP contribution in [-0.2, 0) is 13.0 Å². The Balaban J connectivity index is 2.57. The predicted octanol–water partition coefficient (Wildman–Crippen LogP) is 0.863. The highest BCUT2D eigenvalue weighted by atomic mass is 15.3. The molecule has 0 spiro atoms. The molecule has 0 aromatic carbocycles. The van der Waals surface area contributed by atoms with Gasteiger partial charge < -0.3 is 0 Å². The van der Waals surface area contributed by atoms with Gasteiger partial charge in [0.25, 0.3) is 0 Å². The fourth-order valence-corrected chi connectivity index (χ4v) is 1.66. The molecule has 0 aliphatic heterocycles. The summed E-state index contributed by atoms with van der Waals surface area (Å²) in [5.41, 5.74) is 2.83. The molecule has 1 heterocycles. The maximum atomic E-state index is 5.49. The highest BCUT2D eigenvalue weighted by Gasteiger charge is 2.11. The first-order valence-electron chi connectivity index (χ1n) is 5.64. The Hall–Kier alpha value is -0.940. The van der Waals surface area contributed by atoms with E-state index in [2.05, 4.69) is 29.4 Å². The van der Waals surface area contributed by atoms with Crippen LogP contribution in [0.5, 0.6) is 0 Å². The van der Waals surface area contributed by atoms with Gasteiger partial charge in [0.15, 0.2) is 0 Å². The molecule has 0 aliphatic rings. The number of nitrogens with two attached hydrogens (primary N) is 1. The van der Waals surface area contributed by atoms with Crippen LogP contribution in [0.3, 0.4) is 0 Å². The van der Waals surface area contributed by atoms with Crippen LogP contribution in [0.4, 0.5) is 0 Å². The lowest BCUT2D eigenvalue weighted by Gasteiger charge is -2.14. The second kappa shape index (κ2) is 6.53. The largest absolute Gasteiger partial charge is 0.271 e. The minimum absolute atomic E-state index is 0.301. The molecular weight excluding hydrogens is 190 g/mol. The number of nitrogens with zero attached hydrogens (tertiary/aromatic N) is 3. The average Bonchev–Trinajstić information content (AvgIpc) is 2.66. The molecule has 3 N–H and O–H groups in total. The van der Waals surface area contributed by atoms with E-state index in [0.29, 0.717) is 6.04 Å². The molecule has 0 amide bonds.